The van der Waals surface area contributed by atoms with Crippen molar-refractivity contribution in [2.24, 2.45) is 0 Å². The molecule has 0 radical (unpaired) electrons. The van der Waals surface area contributed by atoms with Crippen LogP contribution in [0.3, 0.4) is 0 Å². The lowest BCUT2D eigenvalue weighted by atomic mass is 10.2. The maximum Gasteiger partial charge on any atom is 0.255 e. The van der Waals surface area contributed by atoms with Crippen LogP contribution >= 0.6 is 15.9 Å². The number of nitrogens with one attached hydrogen (secondary N) is 1. The van der Waals surface area contributed by atoms with E-state index in [-0.39, 0.29) is 11.4 Å². The molecular weight excluding hydrogens is 329 g/mol. The molecule has 2 N–H and O–H groups in total. The van der Waals surface area contributed by atoms with Gasteiger partial charge < -0.3 is 15.2 Å². The summed E-state index contributed by atoms with van der Waals surface area (Å²) in [7, 11) is 1.52. The van der Waals surface area contributed by atoms with E-state index in [1.165, 1.54) is 19.2 Å². The molecule has 104 valence electrons. The molecule has 0 unspecified atom stereocenters. The van der Waals surface area contributed by atoms with Gasteiger partial charge in [-0.15, -0.1) is 0 Å². The van der Waals surface area contributed by atoms with Crippen molar-refractivity contribution in [1.82, 2.24) is 0 Å². The highest BCUT2D eigenvalue weighted by Gasteiger charge is 2.11. The van der Waals surface area contributed by atoms with Gasteiger partial charge in [-0.3, -0.25) is 4.79 Å². The van der Waals surface area contributed by atoms with Gasteiger partial charge in [0.05, 0.1) is 17.3 Å². The van der Waals surface area contributed by atoms with E-state index in [4.69, 9.17) is 9.84 Å². The third-order valence-corrected chi connectivity index (χ3v) is 3.23. The number of benzene rings is 2. The van der Waals surface area contributed by atoms with Gasteiger partial charge in [0.25, 0.3) is 5.91 Å². The number of hydrogen-bond donors (Lipinski definition) is 2. The predicted octanol–water partition coefficient (Wildman–Crippen LogP) is 3.55. The Morgan fingerprint density at radius 1 is 1.30 bits per heavy atom. The van der Waals surface area contributed by atoms with Gasteiger partial charge in [-0.1, -0.05) is 0 Å². The molecule has 2 rings (SSSR count). The average Bonchev–Trinajstić information content (AvgIpc) is 2.41. The Kier molecular flexibility index (Phi) is 4.24. The molecule has 0 spiro atoms. The molecule has 20 heavy (non-hydrogen) atoms. The second-order valence-electron chi connectivity index (χ2n) is 3.97. The Hall–Kier alpha value is -2.08. The number of amides is 1. The van der Waals surface area contributed by atoms with Crippen LogP contribution in [0.4, 0.5) is 10.1 Å². The number of aromatic hydroxyl groups is 1. The van der Waals surface area contributed by atoms with Crippen LogP contribution in [0.2, 0.25) is 0 Å². The fourth-order valence-electron chi connectivity index (χ4n) is 1.61. The summed E-state index contributed by atoms with van der Waals surface area (Å²) in [5.74, 6) is -0.770. The summed E-state index contributed by atoms with van der Waals surface area (Å²) < 4.78 is 19.2. The zero-order chi connectivity index (χ0) is 14.7. The third-order valence-electron chi connectivity index (χ3n) is 2.61. The topological polar surface area (TPSA) is 58.6 Å². The number of phenolic OH excluding ortho intramolecular Hbond substituents is 1. The number of anilines is 1. The van der Waals surface area contributed by atoms with Gasteiger partial charge in [0.2, 0.25) is 0 Å². The van der Waals surface area contributed by atoms with E-state index in [1.54, 1.807) is 18.2 Å². The smallest absolute Gasteiger partial charge is 0.255 e. The van der Waals surface area contributed by atoms with E-state index in [1.807, 2.05) is 0 Å². The Morgan fingerprint density at radius 3 is 2.65 bits per heavy atom. The number of halogens is 2. The molecule has 2 aromatic carbocycles. The number of methoxy groups -OCH3 is 1. The first-order chi connectivity index (χ1) is 9.51. The second kappa shape index (κ2) is 5.92. The molecule has 1 amide bonds. The highest BCUT2D eigenvalue weighted by atomic mass is 79.9. The lowest BCUT2D eigenvalue weighted by molar-refractivity contribution is 0.102. The molecule has 0 bridgehead atoms. The molecule has 0 saturated carbocycles. The summed E-state index contributed by atoms with van der Waals surface area (Å²) in [6.45, 7) is 0. The minimum absolute atomic E-state index is 0.000240. The number of phenols is 1. The number of carbonyl (C=O) groups is 1. The molecule has 0 heterocycles. The Morgan fingerprint density at radius 2 is 2.05 bits per heavy atom. The zero-order valence-electron chi connectivity index (χ0n) is 10.5. The van der Waals surface area contributed by atoms with Crippen molar-refractivity contribution in [2.45, 2.75) is 0 Å². The first-order valence-corrected chi connectivity index (χ1v) is 6.44. The number of carbonyl (C=O) groups excluding carboxylic acids is 1. The first kappa shape index (κ1) is 14.3. The molecule has 0 aliphatic rings. The van der Waals surface area contributed by atoms with Gasteiger partial charge in [-0.25, -0.2) is 4.39 Å². The summed E-state index contributed by atoms with van der Waals surface area (Å²) in [6.07, 6.45) is 0. The fraction of sp³-hybridized carbons (Fsp3) is 0.0714. The first-order valence-electron chi connectivity index (χ1n) is 5.64. The van der Waals surface area contributed by atoms with E-state index in [0.29, 0.717) is 15.8 Å². The maximum atomic E-state index is 13.5. The molecule has 0 aliphatic heterocycles. The van der Waals surface area contributed by atoms with Crippen molar-refractivity contribution in [3.05, 3.63) is 52.3 Å². The fourth-order valence-corrected chi connectivity index (χ4v) is 2.15. The lowest BCUT2D eigenvalue weighted by Gasteiger charge is -2.08. The number of rotatable bonds is 3. The minimum atomic E-state index is -0.703. The molecule has 0 aliphatic carbocycles. The van der Waals surface area contributed by atoms with Crippen molar-refractivity contribution in [2.75, 3.05) is 12.4 Å². The van der Waals surface area contributed by atoms with E-state index >= 15 is 0 Å². The highest BCUT2D eigenvalue weighted by molar-refractivity contribution is 9.10. The second-order valence-corrected chi connectivity index (χ2v) is 4.82. The van der Waals surface area contributed by atoms with Gasteiger partial charge in [-0.05, 0) is 46.3 Å². The Labute approximate surface area is 123 Å². The van der Waals surface area contributed by atoms with Gasteiger partial charge in [0.15, 0.2) is 0 Å². The molecule has 0 saturated heterocycles. The molecule has 0 aromatic heterocycles. The predicted molar refractivity (Wildman–Crippen MR) is 76.7 cm³/mol. The van der Waals surface area contributed by atoms with Gasteiger partial charge >= 0.3 is 0 Å². The van der Waals surface area contributed by atoms with Crippen LogP contribution < -0.4 is 10.1 Å². The highest BCUT2D eigenvalue weighted by Crippen LogP contribution is 2.26. The number of ether oxygens (including phenoxy) is 1. The summed E-state index contributed by atoms with van der Waals surface area (Å²) in [6, 6.07) is 8.29. The van der Waals surface area contributed by atoms with Gasteiger partial charge in [-0.2, -0.15) is 0 Å². The van der Waals surface area contributed by atoms with Crippen LogP contribution in [-0.4, -0.2) is 18.1 Å². The third kappa shape index (κ3) is 3.08. The summed E-state index contributed by atoms with van der Waals surface area (Å²) in [4.78, 5) is 12.0. The SMILES string of the molecule is COc1ccc(C(=O)Nc2ccc(O)cc2F)cc1Br. The van der Waals surface area contributed by atoms with Crippen LogP contribution in [0.25, 0.3) is 0 Å². The van der Waals surface area contributed by atoms with Gasteiger partial charge in [0, 0.05) is 11.6 Å². The van der Waals surface area contributed by atoms with E-state index in [2.05, 4.69) is 21.2 Å². The largest absolute Gasteiger partial charge is 0.508 e. The van der Waals surface area contributed by atoms with Crippen molar-refractivity contribution >= 4 is 27.5 Å². The quantitative estimate of drug-likeness (QED) is 0.840. The normalized spacial score (nSPS) is 10.2. The number of hydrogen-bond acceptors (Lipinski definition) is 3. The zero-order valence-corrected chi connectivity index (χ0v) is 12.1. The minimum Gasteiger partial charge on any atom is -0.508 e. The molecule has 2 aromatic rings. The summed E-state index contributed by atoms with van der Waals surface area (Å²) in [5, 5.41) is 11.5. The molecule has 0 atom stereocenters. The van der Waals surface area contributed by atoms with Crippen LogP contribution in [0.15, 0.2) is 40.9 Å². The molecule has 0 fully saturated rings. The maximum absolute atomic E-state index is 13.5. The van der Waals surface area contributed by atoms with Crippen molar-refractivity contribution < 1.29 is 19.0 Å². The van der Waals surface area contributed by atoms with E-state index in [9.17, 15) is 9.18 Å². The van der Waals surface area contributed by atoms with E-state index < -0.39 is 11.7 Å². The van der Waals surface area contributed by atoms with Gasteiger partial charge in [0.1, 0.15) is 17.3 Å². The monoisotopic (exact) mass is 339 g/mol. The summed E-state index contributed by atoms with van der Waals surface area (Å²) >= 11 is 3.27. The van der Waals surface area contributed by atoms with Crippen LogP contribution in [0.1, 0.15) is 10.4 Å². The summed E-state index contributed by atoms with van der Waals surface area (Å²) in [5.41, 5.74) is 0.352. The standard InChI is InChI=1S/C14H11BrFNO3/c1-20-13-5-2-8(6-10(13)15)14(19)17-12-4-3-9(18)7-11(12)16/h2-7,18H,1H3,(H,17,19). The van der Waals surface area contributed by atoms with Crippen molar-refractivity contribution in [3.8, 4) is 11.5 Å². The lowest BCUT2D eigenvalue weighted by Crippen LogP contribution is -2.13. The molecule has 6 heteroatoms. The molecule has 4 nitrogen and oxygen atoms in total. The van der Waals surface area contributed by atoms with Crippen LogP contribution in [0.5, 0.6) is 11.5 Å². The van der Waals surface area contributed by atoms with Crippen molar-refractivity contribution in [3.63, 3.8) is 0 Å². The Balaban J connectivity index is 2.21. The Bertz CT molecular complexity index is 661. The average molecular weight is 340 g/mol. The van der Waals surface area contributed by atoms with Crippen molar-refractivity contribution in [1.29, 1.82) is 0 Å². The van der Waals surface area contributed by atoms with E-state index in [0.717, 1.165) is 6.07 Å². The molecular formula is C14H11BrFNO3. The van der Waals surface area contributed by atoms with Crippen LogP contribution in [0, 0.1) is 5.82 Å². The van der Waals surface area contributed by atoms with Crippen LogP contribution in [-0.2, 0) is 0 Å².